The van der Waals surface area contributed by atoms with Crippen LogP contribution in [0, 0.1) is 0 Å². The molecule has 1 aromatic rings. The normalized spacial score (nSPS) is 24.6. The molecule has 1 aromatic carbocycles. The average Bonchev–Trinajstić information content (AvgIpc) is 2.78. The molecule has 2 unspecified atom stereocenters. The van der Waals surface area contributed by atoms with Gasteiger partial charge in [-0.05, 0) is 44.0 Å². The molecule has 0 bridgehead atoms. The zero-order valence-electron chi connectivity index (χ0n) is 10.2. The van der Waals surface area contributed by atoms with Crippen molar-refractivity contribution in [3.63, 3.8) is 0 Å². The van der Waals surface area contributed by atoms with E-state index < -0.39 is 0 Å². The minimum atomic E-state index is 0.636. The van der Waals surface area contributed by atoms with Gasteiger partial charge in [0.2, 0.25) is 0 Å². The van der Waals surface area contributed by atoms with Crippen LogP contribution < -0.4 is 10.1 Å². The largest absolute Gasteiger partial charge is 0.494 e. The molecular formula is C14H21NO. The lowest BCUT2D eigenvalue weighted by molar-refractivity contribution is 0.339. The predicted molar refractivity (Wildman–Crippen MR) is 67.1 cm³/mol. The van der Waals surface area contributed by atoms with Gasteiger partial charge in [-0.15, -0.1) is 0 Å². The van der Waals surface area contributed by atoms with Crippen LogP contribution in [-0.4, -0.2) is 19.2 Å². The number of nitrogens with one attached hydrogen (secondary N) is 1. The summed E-state index contributed by atoms with van der Waals surface area (Å²) in [5, 5.41) is 3.57. The van der Waals surface area contributed by atoms with Gasteiger partial charge in [0.1, 0.15) is 5.75 Å². The molecule has 2 nitrogen and oxygen atoms in total. The Labute approximate surface area is 98.0 Å². The fraction of sp³-hybridized carbons (Fsp3) is 0.571. The van der Waals surface area contributed by atoms with Gasteiger partial charge in [0.15, 0.2) is 0 Å². The van der Waals surface area contributed by atoms with Crippen LogP contribution in [0.5, 0.6) is 5.75 Å². The van der Waals surface area contributed by atoms with Crippen molar-refractivity contribution >= 4 is 0 Å². The first-order chi connectivity index (χ1) is 7.85. The molecule has 0 spiro atoms. The minimum absolute atomic E-state index is 0.636. The van der Waals surface area contributed by atoms with Crippen molar-refractivity contribution < 1.29 is 4.74 Å². The lowest BCUT2D eigenvalue weighted by Gasteiger charge is -2.18. The van der Waals surface area contributed by atoms with Gasteiger partial charge in [0.25, 0.3) is 0 Å². The molecule has 0 aliphatic carbocycles. The molecule has 1 saturated heterocycles. The van der Waals surface area contributed by atoms with E-state index in [0.717, 1.165) is 18.9 Å². The second-order valence-electron chi connectivity index (χ2n) is 4.37. The van der Waals surface area contributed by atoms with Gasteiger partial charge in [-0.25, -0.2) is 0 Å². The lowest BCUT2D eigenvalue weighted by Crippen LogP contribution is -2.24. The number of hydrogen-bond acceptors (Lipinski definition) is 2. The van der Waals surface area contributed by atoms with Crippen molar-refractivity contribution in [3.05, 3.63) is 29.8 Å². The van der Waals surface area contributed by atoms with Gasteiger partial charge in [-0.2, -0.15) is 0 Å². The summed E-state index contributed by atoms with van der Waals surface area (Å²) in [6.07, 6.45) is 2.44. The second kappa shape index (κ2) is 5.35. The Bertz CT molecular complexity index is 337. The van der Waals surface area contributed by atoms with Crippen LogP contribution in [0.2, 0.25) is 0 Å². The van der Waals surface area contributed by atoms with E-state index >= 15 is 0 Å². The smallest absolute Gasteiger partial charge is 0.119 e. The molecule has 2 heteroatoms. The van der Waals surface area contributed by atoms with E-state index in [-0.39, 0.29) is 0 Å². The second-order valence-corrected chi connectivity index (χ2v) is 4.37. The Kier molecular flexibility index (Phi) is 3.83. The summed E-state index contributed by atoms with van der Waals surface area (Å²) >= 11 is 0. The van der Waals surface area contributed by atoms with Gasteiger partial charge in [0.05, 0.1) is 6.61 Å². The third kappa shape index (κ3) is 2.38. The number of hydrogen-bond donors (Lipinski definition) is 1. The average molecular weight is 219 g/mol. The highest BCUT2D eigenvalue weighted by Crippen LogP contribution is 2.31. The zero-order valence-corrected chi connectivity index (χ0v) is 10.2. The van der Waals surface area contributed by atoms with Crippen molar-refractivity contribution in [2.75, 3.05) is 13.2 Å². The molecular weight excluding hydrogens is 198 g/mol. The SMILES string of the molecule is CCOc1cccc(C2CCNC2CC)c1. The standard InChI is InChI=1S/C14H21NO/c1-3-14-13(8-9-15-14)11-6-5-7-12(10-11)16-4-2/h5-7,10,13-15H,3-4,8-9H2,1-2H3. The Morgan fingerprint density at radius 2 is 2.25 bits per heavy atom. The van der Waals surface area contributed by atoms with Crippen LogP contribution in [0.3, 0.4) is 0 Å². The van der Waals surface area contributed by atoms with E-state index in [1.54, 1.807) is 0 Å². The fourth-order valence-electron chi connectivity index (χ4n) is 2.60. The van der Waals surface area contributed by atoms with Gasteiger partial charge in [0, 0.05) is 12.0 Å². The minimum Gasteiger partial charge on any atom is -0.494 e. The summed E-state index contributed by atoms with van der Waals surface area (Å²) in [4.78, 5) is 0. The summed E-state index contributed by atoms with van der Waals surface area (Å²) in [6.45, 7) is 6.16. The summed E-state index contributed by atoms with van der Waals surface area (Å²) in [7, 11) is 0. The monoisotopic (exact) mass is 219 g/mol. The molecule has 0 amide bonds. The van der Waals surface area contributed by atoms with Crippen LogP contribution in [0.25, 0.3) is 0 Å². The quantitative estimate of drug-likeness (QED) is 0.840. The van der Waals surface area contributed by atoms with Gasteiger partial charge in [-0.3, -0.25) is 0 Å². The molecule has 2 rings (SSSR count). The first kappa shape index (κ1) is 11.5. The molecule has 0 aromatic heterocycles. The Morgan fingerprint density at radius 1 is 1.38 bits per heavy atom. The Morgan fingerprint density at radius 3 is 3.00 bits per heavy atom. The molecule has 0 saturated carbocycles. The topological polar surface area (TPSA) is 21.3 Å². The maximum absolute atomic E-state index is 5.55. The van der Waals surface area contributed by atoms with Crippen LogP contribution in [0.4, 0.5) is 0 Å². The van der Waals surface area contributed by atoms with Crippen molar-refractivity contribution in [1.82, 2.24) is 5.32 Å². The molecule has 16 heavy (non-hydrogen) atoms. The lowest BCUT2D eigenvalue weighted by atomic mass is 9.90. The van der Waals surface area contributed by atoms with Gasteiger partial charge < -0.3 is 10.1 Å². The van der Waals surface area contributed by atoms with E-state index in [0.29, 0.717) is 12.0 Å². The maximum atomic E-state index is 5.55. The highest BCUT2D eigenvalue weighted by molar-refractivity contribution is 5.32. The highest BCUT2D eigenvalue weighted by Gasteiger charge is 2.26. The van der Waals surface area contributed by atoms with Crippen LogP contribution in [0.15, 0.2) is 24.3 Å². The molecule has 1 aliphatic heterocycles. The summed E-state index contributed by atoms with van der Waals surface area (Å²) in [5.74, 6) is 1.66. The fourth-order valence-corrected chi connectivity index (χ4v) is 2.60. The number of benzene rings is 1. The number of ether oxygens (including phenoxy) is 1. The van der Waals surface area contributed by atoms with Crippen molar-refractivity contribution in [2.45, 2.75) is 38.6 Å². The molecule has 0 radical (unpaired) electrons. The van der Waals surface area contributed by atoms with Crippen molar-refractivity contribution in [3.8, 4) is 5.75 Å². The summed E-state index contributed by atoms with van der Waals surface area (Å²) < 4.78 is 5.55. The Hall–Kier alpha value is -1.02. The van der Waals surface area contributed by atoms with E-state index in [2.05, 4.69) is 30.4 Å². The summed E-state index contributed by atoms with van der Waals surface area (Å²) in [6, 6.07) is 9.20. The maximum Gasteiger partial charge on any atom is 0.119 e. The third-order valence-electron chi connectivity index (χ3n) is 3.38. The van der Waals surface area contributed by atoms with Crippen LogP contribution in [0.1, 0.15) is 38.2 Å². The molecule has 88 valence electrons. The first-order valence-electron chi connectivity index (χ1n) is 6.31. The van der Waals surface area contributed by atoms with Crippen molar-refractivity contribution in [1.29, 1.82) is 0 Å². The van der Waals surface area contributed by atoms with E-state index in [4.69, 9.17) is 4.74 Å². The van der Waals surface area contributed by atoms with Gasteiger partial charge in [-0.1, -0.05) is 19.1 Å². The molecule has 2 atom stereocenters. The van der Waals surface area contributed by atoms with E-state index in [1.165, 1.54) is 18.4 Å². The van der Waals surface area contributed by atoms with E-state index in [1.807, 2.05) is 13.0 Å². The summed E-state index contributed by atoms with van der Waals surface area (Å²) in [5.41, 5.74) is 1.42. The number of rotatable bonds is 4. The molecule has 1 aliphatic rings. The van der Waals surface area contributed by atoms with Crippen LogP contribution >= 0.6 is 0 Å². The molecule has 1 heterocycles. The van der Waals surface area contributed by atoms with Crippen LogP contribution in [-0.2, 0) is 0 Å². The molecule has 1 fully saturated rings. The third-order valence-corrected chi connectivity index (χ3v) is 3.38. The Balaban J connectivity index is 2.16. The van der Waals surface area contributed by atoms with Gasteiger partial charge >= 0.3 is 0 Å². The zero-order chi connectivity index (χ0) is 11.4. The first-order valence-corrected chi connectivity index (χ1v) is 6.31. The molecule has 1 N–H and O–H groups in total. The predicted octanol–water partition coefficient (Wildman–Crippen LogP) is 2.94. The van der Waals surface area contributed by atoms with E-state index in [9.17, 15) is 0 Å². The van der Waals surface area contributed by atoms with Crippen molar-refractivity contribution in [2.24, 2.45) is 0 Å². The highest BCUT2D eigenvalue weighted by atomic mass is 16.5.